The summed E-state index contributed by atoms with van der Waals surface area (Å²) in [5.74, 6) is -4.96. The van der Waals surface area contributed by atoms with E-state index in [-0.39, 0.29) is 24.1 Å². The number of carbonyl (C=O) groups is 3. The normalized spacial score (nSPS) is 15.3. The Morgan fingerprint density at radius 3 is 1.26 bits per heavy atom. The minimum atomic E-state index is -1.14. The molecule has 0 aliphatic heterocycles. The van der Waals surface area contributed by atoms with Crippen LogP contribution in [-0.4, -0.2) is 58.8 Å². The first-order chi connectivity index (χ1) is 20.7. The Morgan fingerprint density at radius 1 is 0.558 bits per heavy atom. The van der Waals surface area contributed by atoms with E-state index in [1.54, 1.807) is 6.92 Å². The number of hydrogen-bond acceptors (Lipinski definition) is 4. The Morgan fingerprint density at radius 2 is 0.907 bits per heavy atom. The smallest absolute Gasteiger partial charge is 0.312 e. The molecule has 43 heavy (non-hydrogen) atoms. The molecule has 0 rings (SSSR count). The summed E-state index contributed by atoms with van der Waals surface area (Å²) in [5.41, 5.74) is 0. The summed E-state index contributed by atoms with van der Waals surface area (Å²) >= 11 is 0. The molecule has 0 aliphatic rings. The van der Waals surface area contributed by atoms with Gasteiger partial charge in [0.05, 0.1) is 32.1 Å². The molecule has 0 saturated heterocycles. The molecule has 7 heteroatoms. The first-order valence-electron chi connectivity index (χ1n) is 17.8. The van der Waals surface area contributed by atoms with E-state index in [2.05, 4.69) is 19.1 Å². The molecule has 0 aromatic rings. The molecule has 0 aromatic carbocycles. The molecule has 0 spiro atoms. The fourth-order valence-electron chi connectivity index (χ4n) is 6.26. The van der Waals surface area contributed by atoms with Crippen molar-refractivity contribution in [3.8, 4) is 0 Å². The first kappa shape index (κ1) is 41.1. The summed E-state index contributed by atoms with van der Waals surface area (Å²) in [6.07, 6.45) is 26.9. The number of carboxylic acid groups (broad SMARTS) is 3. The Labute approximate surface area is 264 Å². The molecule has 2 N–H and O–H groups in total. The van der Waals surface area contributed by atoms with Crippen molar-refractivity contribution >= 4 is 17.9 Å². The maximum atomic E-state index is 12.0. The number of hydrogen-bond donors (Lipinski definition) is 2. The van der Waals surface area contributed by atoms with Crippen molar-refractivity contribution in [1.29, 1.82) is 0 Å². The Hall–Kier alpha value is -1.89. The number of quaternary nitrogens is 1. The summed E-state index contributed by atoms with van der Waals surface area (Å²) in [4.78, 5) is 35.8. The minimum absolute atomic E-state index is 0.216. The Balaban J connectivity index is 4.66. The van der Waals surface area contributed by atoms with Crippen molar-refractivity contribution in [1.82, 2.24) is 0 Å². The average molecular weight is 610 g/mol. The molecule has 3 unspecified atom stereocenters. The van der Waals surface area contributed by atoms with E-state index in [0.717, 1.165) is 32.1 Å². The molecule has 0 aliphatic carbocycles. The SMILES string of the molecule is CCCCCCCCCC/C=C/CCCCCCCCC[N+](CC(CC)C(=O)[O-])(CC(CC)C(=O)O)CC(CC)C(=O)O. The van der Waals surface area contributed by atoms with Crippen LogP contribution >= 0.6 is 0 Å². The predicted molar refractivity (Wildman–Crippen MR) is 175 cm³/mol. The summed E-state index contributed by atoms with van der Waals surface area (Å²) in [6.45, 7) is 9.04. The minimum Gasteiger partial charge on any atom is -0.550 e. The van der Waals surface area contributed by atoms with Crippen molar-refractivity contribution in [2.75, 3.05) is 26.2 Å². The van der Waals surface area contributed by atoms with Gasteiger partial charge >= 0.3 is 11.9 Å². The molecule has 0 aromatic heterocycles. The van der Waals surface area contributed by atoms with E-state index >= 15 is 0 Å². The standard InChI is InChI=1S/C36H67NO6/c1-5-9-10-11-12-13-14-15-16-17-18-19-20-21-22-23-24-25-26-27-37(28-31(6-2)34(38)39,29-32(7-3)35(40)41)30-33(8-4)36(42)43/h17-18,31-33H,5-16,19-30H2,1-4H3,(H2-,38,39,40,41,42,43)/b18-17+. The molecular weight excluding hydrogens is 542 g/mol. The van der Waals surface area contributed by atoms with Gasteiger partial charge in [0.1, 0.15) is 11.8 Å². The largest absolute Gasteiger partial charge is 0.550 e. The molecule has 0 heterocycles. The molecule has 0 radical (unpaired) electrons. The van der Waals surface area contributed by atoms with E-state index < -0.39 is 35.7 Å². The van der Waals surface area contributed by atoms with E-state index in [1.807, 2.05) is 13.8 Å². The fourth-order valence-corrected chi connectivity index (χ4v) is 6.26. The second-order valence-electron chi connectivity index (χ2n) is 12.9. The van der Waals surface area contributed by atoms with Crippen LogP contribution < -0.4 is 5.11 Å². The van der Waals surface area contributed by atoms with Gasteiger partial charge in [0.2, 0.25) is 0 Å². The van der Waals surface area contributed by atoms with Gasteiger partial charge in [0.15, 0.2) is 0 Å². The van der Waals surface area contributed by atoms with Crippen LogP contribution in [0.1, 0.15) is 156 Å². The van der Waals surface area contributed by atoms with Gasteiger partial charge in [-0.2, -0.15) is 0 Å². The third kappa shape index (κ3) is 20.7. The van der Waals surface area contributed by atoms with Crippen molar-refractivity contribution in [2.45, 2.75) is 156 Å². The van der Waals surface area contributed by atoms with Crippen molar-refractivity contribution < 1.29 is 34.2 Å². The quantitative estimate of drug-likeness (QED) is 0.0467. The van der Waals surface area contributed by atoms with Crippen molar-refractivity contribution in [3.05, 3.63) is 12.2 Å². The third-order valence-corrected chi connectivity index (χ3v) is 9.23. The molecular formula is C36H67NO6. The van der Waals surface area contributed by atoms with Gasteiger partial charge in [0, 0.05) is 5.92 Å². The number of allylic oxidation sites excluding steroid dienone is 2. The Kier molecular flexibility index (Phi) is 25.3. The van der Waals surface area contributed by atoms with Gasteiger partial charge in [-0.3, -0.25) is 9.59 Å². The van der Waals surface area contributed by atoms with Gasteiger partial charge in [-0.15, -0.1) is 0 Å². The second kappa shape index (κ2) is 26.5. The van der Waals surface area contributed by atoms with E-state index in [9.17, 15) is 29.7 Å². The highest BCUT2D eigenvalue weighted by Crippen LogP contribution is 2.25. The maximum absolute atomic E-state index is 12.0. The topological polar surface area (TPSA) is 115 Å². The number of nitrogens with zero attached hydrogens (tertiary/aromatic N) is 1. The monoisotopic (exact) mass is 609 g/mol. The lowest BCUT2D eigenvalue weighted by Gasteiger charge is -2.44. The van der Waals surface area contributed by atoms with Gasteiger partial charge in [0.25, 0.3) is 0 Å². The van der Waals surface area contributed by atoms with Gasteiger partial charge < -0.3 is 24.6 Å². The van der Waals surface area contributed by atoms with Crippen LogP contribution in [-0.2, 0) is 14.4 Å². The molecule has 252 valence electrons. The molecule has 0 saturated carbocycles. The molecule has 0 amide bonds. The van der Waals surface area contributed by atoms with E-state index in [0.29, 0.717) is 25.8 Å². The number of carbonyl (C=O) groups excluding carboxylic acids is 1. The van der Waals surface area contributed by atoms with Gasteiger partial charge in [-0.1, -0.05) is 110 Å². The lowest BCUT2D eigenvalue weighted by Crippen LogP contribution is -2.59. The zero-order valence-corrected chi connectivity index (χ0v) is 28.3. The lowest BCUT2D eigenvalue weighted by molar-refractivity contribution is -0.935. The highest BCUT2D eigenvalue weighted by Gasteiger charge is 2.39. The Bertz CT molecular complexity index is 692. The number of aliphatic carboxylic acids is 3. The zero-order chi connectivity index (χ0) is 32.3. The van der Waals surface area contributed by atoms with E-state index in [1.165, 1.54) is 77.0 Å². The zero-order valence-electron chi connectivity index (χ0n) is 28.3. The fraction of sp³-hybridized carbons (Fsp3) is 0.861. The van der Waals surface area contributed by atoms with Crippen LogP contribution in [0.25, 0.3) is 0 Å². The van der Waals surface area contributed by atoms with Crippen LogP contribution in [0, 0.1) is 17.8 Å². The highest BCUT2D eigenvalue weighted by molar-refractivity contribution is 5.70. The molecule has 7 nitrogen and oxygen atoms in total. The summed E-state index contributed by atoms with van der Waals surface area (Å²) < 4.78 is 0.216. The first-order valence-corrected chi connectivity index (χ1v) is 17.8. The second-order valence-corrected chi connectivity index (χ2v) is 12.9. The maximum Gasteiger partial charge on any atom is 0.312 e. The molecule has 0 bridgehead atoms. The van der Waals surface area contributed by atoms with Crippen LogP contribution in [0.4, 0.5) is 0 Å². The van der Waals surface area contributed by atoms with Crippen LogP contribution in [0.15, 0.2) is 12.2 Å². The van der Waals surface area contributed by atoms with Crippen LogP contribution in [0.2, 0.25) is 0 Å². The van der Waals surface area contributed by atoms with Crippen LogP contribution in [0.5, 0.6) is 0 Å². The summed E-state index contributed by atoms with van der Waals surface area (Å²) in [5, 5.41) is 31.5. The predicted octanol–water partition coefficient (Wildman–Crippen LogP) is 8.01. The lowest BCUT2D eigenvalue weighted by atomic mass is 9.95. The highest BCUT2D eigenvalue weighted by atomic mass is 16.4. The third-order valence-electron chi connectivity index (χ3n) is 9.23. The molecule has 0 fully saturated rings. The van der Waals surface area contributed by atoms with Crippen molar-refractivity contribution in [2.24, 2.45) is 17.8 Å². The summed E-state index contributed by atoms with van der Waals surface area (Å²) in [6, 6.07) is 0. The van der Waals surface area contributed by atoms with Gasteiger partial charge in [-0.05, 0) is 57.8 Å². The average Bonchev–Trinajstić information content (AvgIpc) is 2.98. The summed E-state index contributed by atoms with van der Waals surface area (Å²) in [7, 11) is 0. The van der Waals surface area contributed by atoms with Crippen molar-refractivity contribution in [3.63, 3.8) is 0 Å². The number of carboxylic acids is 3. The van der Waals surface area contributed by atoms with E-state index in [4.69, 9.17) is 0 Å². The molecule has 3 atom stereocenters. The van der Waals surface area contributed by atoms with Gasteiger partial charge in [-0.25, -0.2) is 0 Å². The van der Waals surface area contributed by atoms with Crippen LogP contribution in [0.3, 0.4) is 0 Å². The number of rotatable bonds is 31. The number of unbranched alkanes of at least 4 members (excludes halogenated alkanes) is 15.